The number of carboxylic acids is 1. The smallest absolute Gasteiger partial charge is 0.326 e. The van der Waals surface area contributed by atoms with Crippen molar-refractivity contribution >= 4 is 35.6 Å². The normalized spacial score (nSPS) is 18.8. The minimum atomic E-state index is -1.45. The summed E-state index contributed by atoms with van der Waals surface area (Å²) >= 11 is 0. The number of hydrogen-bond acceptors (Lipinski definition) is 8. The lowest BCUT2D eigenvalue weighted by Crippen LogP contribution is -2.60. The molecule has 15 nitrogen and oxygen atoms in total. The van der Waals surface area contributed by atoms with E-state index in [1.807, 2.05) is 0 Å². The number of rotatable bonds is 13. The Morgan fingerprint density at radius 1 is 1.12 bits per heavy atom. The number of nitrogens with two attached hydrogens (primary N) is 4. The summed E-state index contributed by atoms with van der Waals surface area (Å²) < 4.78 is 0. The van der Waals surface area contributed by atoms with E-state index in [1.165, 1.54) is 6.92 Å². The van der Waals surface area contributed by atoms with Crippen molar-refractivity contribution in [2.24, 2.45) is 27.9 Å². The van der Waals surface area contributed by atoms with Crippen molar-refractivity contribution in [3.8, 4) is 0 Å². The van der Waals surface area contributed by atoms with Gasteiger partial charge in [-0.2, -0.15) is 0 Å². The second kappa shape index (κ2) is 13.3. The van der Waals surface area contributed by atoms with Crippen LogP contribution in [0.2, 0.25) is 0 Å². The van der Waals surface area contributed by atoms with Crippen LogP contribution in [-0.2, 0) is 24.0 Å². The van der Waals surface area contributed by atoms with Crippen LogP contribution in [0, 0.1) is 0 Å². The molecule has 5 atom stereocenters. The summed E-state index contributed by atoms with van der Waals surface area (Å²) in [4.78, 5) is 65.6. The van der Waals surface area contributed by atoms with Crippen molar-refractivity contribution in [3.05, 3.63) is 0 Å². The van der Waals surface area contributed by atoms with Gasteiger partial charge in [-0.1, -0.05) is 0 Å². The quantitative estimate of drug-likeness (QED) is 0.0704. The molecule has 192 valence electrons. The van der Waals surface area contributed by atoms with Gasteiger partial charge in [-0.25, -0.2) is 4.79 Å². The van der Waals surface area contributed by atoms with Crippen LogP contribution in [0.25, 0.3) is 0 Å². The molecule has 0 aromatic rings. The van der Waals surface area contributed by atoms with E-state index in [4.69, 9.17) is 22.9 Å². The van der Waals surface area contributed by atoms with Crippen molar-refractivity contribution in [3.63, 3.8) is 0 Å². The van der Waals surface area contributed by atoms with Gasteiger partial charge in [0.2, 0.25) is 23.6 Å². The number of guanidine groups is 1. The molecule has 0 aromatic carbocycles. The summed E-state index contributed by atoms with van der Waals surface area (Å²) in [6.45, 7) is 1.57. The first-order chi connectivity index (χ1) is 15.8. The van der Waals surface area contributed by atoms with Crippen LogP contribution in [0.3, 0.4) is 0 Å². The first-order valence-electron chi connectivity index (χ1n) is 10.8. The van der Waals surface area contributed by atoms with Crippen LogP contribution in [0.15, 0.2) is 4.99 Å². The molecule has 1 fully saturated rings. The van der Waals surface area contributed by atoms with Gasteiger partial charge in [-0.05, 0) is 32.6 Å². The maximum Gasteiger partial charge on any atom is 0.326 e. The third-order valence-corrected chi connectivity index (χ3v) is 5.20. The molecule has 15 heteroatoms. The minimum Gasteiger partial charge on any atom is -0.480 e. The summed E-state index contributed by atoms with van der Waals surface area (Å²) in [5, 5.41) is 24.2. The molecule has 1 saturated heterocycles. The van der Waals surface area contributed by atoms with Gasteiger partial charge >= 0.3 is 5.97 Å². The number of carboxylic acid groups (broad SMARTS) is 1. The number of aliphatic imine (C=N–C) groups is 1. The highest BCUT2D eigenvalue weighted by Gasteiger charge is 2.40. The predicted octanol–water partition coefficient (Wildman–Crippen LogP) is -4.33. The minimum absolute atomic E-state index is 0.0276. The third-order valence-electron chi connectivity index (χ3n) is 5.20. The SMILES string of the molecule is CC(O)C(NC(=O)C(CCCN=C(N)N)NC(=O)C(N)CC(N)=O)C(=O)N1CCCC1C(=O)O. The fraction of sp³-hybridized carbons (Fsp3) is 0.684. The molecule has 1 aliphatic rings. The number of nitrogens with one attached hydrogen (secondary N) is 2. The monoisotopic (exact) mass is 486 g/mol. The summed E-state index contributed by atoms with van der Waals surface area (Å²) in [6.07, 6.45) is -0.815. The van der Waals surface area contributed by atoms with Crippen molar-refractivity contribution in [1.82, 2.24) is 15.5 Å². The highest BCUT2D eigenvalue weighted by atomic mass is 16.4. The zero-order chi connectivity index (χ0) is 26.0. The summed E-state index contributed by atoms with van der Waals surface area (Å²) in [6, 6.07) is -5.04. The number of hydrogen-bond donors (Lipinski definition) is 8. The highest BCUT2D eigenvalue weighted by molar-refractivity contribution is 5.95. The first-order valence-corrected chi connectivity index (χ1v) is 10.8. The maximum absolute atomic E-state index is 13.0. The molecule has 0 aromatic heterocycles. The lowest BCUT2D eigenvalue weighted by atomic mass is 10.1. The van der Waals surface area contributed by atoms with Crippen LogP contribution in [0.4, 0.5) is 0 Å². The zero-order valence-electron chi connectivity index (χ0n) is 19.0. The van der Waals surface area contributed by atoms with Gasteiger partial charge in [0.1, 0.15) is 18.1 Å². The van der Waals surface area contributed by atoms with Crippen LogP contribution in [-0.4, -0.2) is 94.0 Å². The molecule has 1 heterocycles. The molecule has 34 heavy (non-hydrogen) atoms. The van der Waals surface area contributed by atoms with E-state index in [2.05, 4.69) is 15.6 Å². The summed E-state index contributed by atoms with van der Waals surface area (Å²) in [5.74, 6) is -4.57. The number of aliphatic hydroxyl groups is 1. The van der Waals surface area contributed by atoms with Crippen LogP contribution in [0.5, 0.6) is 0 Å². The first kappa shape index (κ1) is 28.6. The highest BCUT2D eigenvalue weighted by Crippen LogP contribution is 2.19. The summed E-state index contributed by atoms with van der Waals surface area (Å²) in [7, 11) is 0. The Morgan fingerprint density at radius 2 is 1.76 bits per heavy atom. The number of carbonyl (C=O) groups is 5. The van der Waals surface area contributed by atoms with E-state index < -0.39 is 66.3 Å². The number of amides is 4. The van der Waals surface area contributed by atoms with Crippen LogP contribution < -0.4 is 33.6 Å². The average Bonchev–Trinajstić information content (AvgIpc) is 3.22. The van der Waals surface area contributed by atoms with E-state index in [1.54, 1.807) is 0 Å². The number of aliphatic carboxylic acids is 1. The lowest BCUT2D eigenvalue weighted by Gasteiger charge is -2.30. The number of nitrogens with zero attached hydrogens (tertiary/aromatic N) is 2. The van der Waals surface area contributed by atoms with E-state index in [9.17, 15) is 34.2 Å². The third kappa shape index (κ3) is 8.82. The molecule has 1 aliphatic heterocycles. The molecule has 1 rings (SSSR count). The zero-order valence-corrected chi connectivity index (χ0v) is 19.0. The van der Waals surface area contributed by atoms with Crippen LogP contribution in [0.1, 0.15) is 39.0 Å². The summed E-state index contributed by atoms with van der Waals surface area (Å²) in [5.41, 5.74) is 21.2. The molecule has 12 N–H and O–H groups in total. The number of likely N-dealkylation sites (tertiary alicyclic amines) is 1. The van der Waals surface area contributed by atoms with E-state index in [0.29, 0.717) is 6.42 Å². The molecule has 4 amide bonds. The molecule has 0 spiro atoms. The number of aliphatic hydroxyl groups excluding tert-OH is 1. The molecule has 0 aliphatic carbocycles. The van der Waals surface area contributed by atoms with Gasteiger partial charge in [0, 0.05) is 13.1 Å². The molecule has 0 bridgehead atoms. The van der Waals surface area contributed by atoms with E-state index >= 15 is 0 Å². The van der Waals surface area contributed by atoms with Gasteiger partial charge in [-0.3, -0.25) is 24.2 Å². The molecule has 5 unspecified atom stereocenters. The number of primary amides is 1. The average molecular weight is 487 g/mol. The van der Waals surface area contributed by atoms with Crippen LogP contribution >= 0.6 is 0 Å². The number of carbonyl (C=O) groups excluding carboxylic acids is 4. The Kier molecular flexibility index (Phi) is 11.2. The van der Waals surface area contributed by atoms with Gasteiger partial charge in [0.25, 0.3) is 0 Å². The molecule has 0 saturated carbocycles. The second-order valence-electron chi connectivity index (χ2n) is 8.04. The van der Waals surface area contributed by atoms with Crippen molar-refractivity contribution < 1.29 is 34.2 Å². The Bertz CT molecular complexity index is 800. The fourth-order valence-electron chi connectivity index (χ4n) is 3.47. The van der Waals surface area contributed by atoms with Crippen molar-refractivity contribution in [1.29, 1.82) is 0 Å². The molecular weight excluding hydrogens is 452 g/mol. The van der Waals surface area contributed by atoms with Crippen molar-refractivity contribution in [2.45, 2.75) is 69.3 Å². The second-order valence-corrected chi connectivity index (χ2v) is 8.04. The Labute approximate surface area is 196 Å². The van der Waals surface area contributed by atoms with E-state index in [-0.39, 0.29) is 38.3 Å². The molecule has 0 radical (unpaired) electrons. The standard InChI is InChI=1S/C19H34N8O7/c1-9(28)14(17(32)27-7-3-5-12(27)18(33)34)26-16(31)11(4-2-6-24-19(22)23)25-15(30)10(20)8-13(21)29/h9-12,14,28H,2-8,20H2,1H3,(H2,21,29)(H,25,30)(H,26,31)(H,33,34)(H4,22,23,24). The topological polar surface area (TPSA) is 270 Å². The Balaban J connectivity index is 2.99. The van der Waals surface area contributed by atoms with Gasteiger partial charge in [0.05, 0.1) is 18.6 Å². The Hall–Kier alpha value is -3.46. The van der Waals surface area contributed by atoms with E-state index in [0.717, 1.165) is 4.90 Å². The fourth-order valence-corrected chi connectivity index (χ4v) is 3.47. The predicted molar refractivity (Wildman–Crippen MR) is 120 cm³/mol. The Morgan fingerprint density at radius 3 is 2.29 bits per heavy atom. The van der Waals surface area contributed by atoms with Gasteiger partial charge < -0.3 is 48.7 Å². The lowest BCUT2D eigenvalue weighted by molar-refractivity contribution is -0.150. The maximum atomic E-state index is 13.0. The van der Waals surface area contributed by atoms with Crippen molar-refractivity contribution in [2.75, 3.05) is 13.1 Å². The van der Waals surface area contributed by atoms with Gasteiger partial charge in [-0.15, -0.1) is 0 Å². The largest absolute Gasteiger partial charge is 0.480 e. The van der Waals surface area contributed by atoms with Gasteiger partial charge in [0.15, 0.2) is 5.96 Å². The molecular formula is C19H34N8O7.